The first-order chi connectivity index (χ1) is 9.10. The van der Waals surface area contributed by atoms with Gasteiger partial charge in [0.05, 0.1) is 13.7 Å². The molecule has 1 N–H and O–H groups in total. The Labute approximate surface area is 118 Å². The van der Waals surface area contributed by atoms with E-state index in [0.29, 0.717) is 19.8 Å². The van der Waals surface area contributed by atoms with Gasteiger partial charge in [0, 0.05) is 6.61 Å². The number of esters is 1. The van der Waals surface area contributed by atoms with Gasteiger partial charge in [-0.1, -0.05) is 46.0 Å². The predicted molar refractivity (Wildman–Crippen MR) is 78.3 cm³/mol. The minimum atomic E-state index is -0.730. The average Bonchev–Trinajstić information content (AvgIpc) is 2.41. The largest absolute Gasteiger partial charge is 0.468 e. The van der Waals surface area contributed by atoms with Gasteiger partial charge in [-0.15, -0.1) is 0 Å². The number of likely N-dealkylation sites (N-methyl/N-ethyl adjacent to an activating group) is 1. The summed E-state index contributed by atoms with van der Waals surface area (Å²) in [6.45, 7) is 7.80. The van der Waals surface area contributed by atoms with Gasteiger partial charge in [-0.3, -0.25) is 0 Å². The molecule has 0 saturated heterocycles. The van der Waals surface area contributed by atoms with E-state index in [1.807, 2.05) is 13.8 Å². The number of hydrogen-bond acceptors (Lipinski definition) is 4. The number of methoxy groups -OCH3 is 1. The van der Waals surface area contributed by atoms with Crippen LogP contribution < -0.4 is 5.32 Å². The molecule has 0 aliphatic rings. The van der Waals surface area contributed by atoms with Crippen LogP contribution in [0.15, 0.2) is 0 Å². The SMILES string of the molecule is CCCCCCCCOCC(C)(NCC)C(=O)OC. The van der Waals surface area contributed by atoms with Gasteiger partial charge in [0.2, 0.25) is 0 Å². The van der Waals surface area contributed by atoms with E-state index in [4.69, 9.17) is 9.47 Å². The van der Waals surface area contributed by atoms with Crippen LogP contribution >= 0.6 is 0 Å². The molecular formula is C15H31NO3. The Hall–Kier alpha value is -0.610. The van der Waals surface area contributed by atoms with E-state index in [0.717, 1.165) is 6.42 Å². The van der Waals surface area contributed by atoms with Crippen molar-refractivity contribution in [1.29, 1.82) is 0 Å². The maximum Gasteiger partial charge on any atom is 0.328 e. The fourth-order valence-corrected chi connectivity index (χ4v) is 2.06. The first-order valence-electron chi connectivity index (χ1n) is 7.52. The lowest BCUT2D eigenvalue weighted by Crippen LogP contribution is -2.53. The molecule has 0 radical (unpaired) electrons. The Morgan fingerprint density at radius 3 is 2.32 bits per heavy atom. The van der Waals surface area contributed by atoms with Gasteiger partial charge < -0.3 is 14.8 Å². The highest BCUT2D eigenvalue weighted by atomic mass is 16.5. The number of rotatable bonds is 12. The monoisotopic (exact) mass is 273 g/mol. The zero-order valence-electron chi connectivity index (χ0n) is 13.1. The number of unbranched alkanes of at least 4 members (excludes halogenated alkanes) is 5. The van der Waals surface area contributed by atoms with Gasteiger partial charge in [0.1, 0.15) is 5.54 Å². The van der Waals surface area contributed by atoms with Crippen molar-refractivity contribution in [2.75, 3.05) is 26.9 Å². The van der Waals surface area contributed by atoms with Crippen molar-refractivity contribution < 1.29 is 14.3 Å². The molecule has 0 amide bonds. The second-order valence-electron chi connectivity index (χ2n) is 5.17. The van der Waals surface area contributed by atoms with E-state index in [9.17, 15) is 4.79 Å². The van der Waals surface area contributed by atoms with Crippen molar-refractivity contribution in [2.45, 2.75) is 64.8 Å². The number of carbonyl (C=O) groups is 1. The maximum absolute atomic E-state index is 11.7. The van der Waals surface area contributed by atoms with Crippen LogP contribution in [0.4, 0.5) is 0 Å². The fraction of sp³-hybridized carbons (Fsp3) is 0.933. The molecule has 114 valence electrons. The van der Waals surface area contributed by atoms with Crippen LogP contribution in [-0.2, 0) is 14.3 Å². The summed E-state index contributed by atoms with van der Waals surface area (Å²) in [5.74, 6) is -0.266. The molecule has 0 rings (SSSR count). The van der Waals surface area contributed by atoms with Crippen LogP contribution in [0.2, 0.25) is 0 Å². The molecule has 19 heavy (non-hydrogen) atoms. The number of nitrogens with one attached hydrogen (secondary N) is 1. The maximum atomic E-state index is 11.7. The Balaban J connectivity index is 3.73. The van der Waals surface area contributed by atoms with E-state index in [2.05, 4.69) is 12.2 Å². The van der Waals surface area contributed by atoms with Gasteiger partial charge in [0.15, 0.2) is 0 Å². The van der Waals surface area contributed by atoms with Gasteiger partial charge in [-0.05, 0) is 19.9 Å². The van der Waals surface area contributed by atoms with Crippen LogP contribution in [0, 0.1) is 0 Å². The minimum Gasteiger partial charge on any atom is -0.468 e. The average molecular weight is 273 g/mol. The Morgan fingerprint density at radius 2 is 1.74 bits per heavy atom. The van der Waals surface area contributed by atoms with Crippen molar-refractivity contribution in [1.82, 2.24) is 5.32 Å². The lowest BCUT2D eigenvalue weighted by molar-refractivity contribution is -0.150. The molecule has 0 aromatic rings. The molecule has 0 fully saturated rings. The van der Waals surface area contributed by atoms with Crippen molar-refractivity contribution in [3.05, 3.63) is 0 Å². The highest BCUT2D eigenvalue weighted by molar-refractivity contribution is 5.80. The predicted octanol–water partition coefficient (Wildman–Crippen LogP) is 2.90. The highest BCUT2D eigenvalue weighted by Crippen LogP contribution is 2.09. The molecule has 1 unspecified atom stereocenters. The molecule has 1 atom stereocenters. The van der Waals surface area contributed by atoms with Crippen LogP contribution in [0.5, 0.6) is 0 Å². The topological polar surface area (TPSA) is 47.6 Å². The van der Waals surface area contributed by atoms with Crippen molar-refractivity contribution >= 4 is 5.97 Å². The molecular weight excluding hydrogens is 242 g/mol. The summed E-state index contributed by atoms with van der Waals surface area (Å²) >= 11 is 0. The second kappa shape index (κ2) is 11.2. The first-order valence-corrected chi connectivity index (χ1v) is 7.52. The van der Waals surface area contributed by atoms with E-state index in [1.165, 1.54) is 39.2 Å². The Bertz CT molecular complexity index is 233. The summed E-state index contributed by atoms with van der Waals surface area (Å²) in [6.07, 6.45) is 7.45. The lowest BCUT2D eigenvalue weighted by Gasteiger charge is -2.27. The third-order valence-electron chi connectivity index (χ3n) is 3.24. The normalized spacial score (nSPS) is 14.1. The van der Waals surface area contributed by atoms with Gasteiger partial charge in [-0.2, -0.15) is 0 Å². The molecule has 0 aliphatic heterocycles. The molecule has 4 heteroatoms. The zero-order valence-corrected chi connectivity index (χ0v) is 13.1. The Morgan fingerprint density at radius 1 is 1.11 bits per heavy atom. The van der Waals surface area contributed by atoms with Gasteiger partial charge in [-0.25, -0.2) is 4.79 Å². The Kier molecular flexibility index (Phi) is 10.9. The third kappa shape index (κ3) is 8.22. The summed E-state index contributed by atoms with van der Waals surface area (Å²) in [5, 5.41) is 3.13. The second-order valence-corrected chi connectivity index (χ2v) is 5.17. The highest BCUT2D eigenvalue weighted by Gasteiger charge is 2.33. The summed E-state index contributed by atoms with van der Waals surface area (Å²) in [6, 6.07) is 0. The van der Waals surface area contributed by atoms with Crippen LogP contribution in [0.3, 0.4) is 0 Å². The zero-order chi connectivity index (χ0) is 14.6. The summed E-state index contributed by atoms with van der Waals surface area (Å²) in [4.78, 5) is 11.7. The summed E-state index contributed by atoms with van der Waals surface area (Å²) in [7, 11) is 1.41. The smallest absolute Gasteiger partial charge is 0.328 e. The van der Waals surface area contributed by atoms with Crippen LogP contribution in [0.25, 0.3) is 0 Å². The molecule has 0 aromatic heterocycles. The minimum absolute atomic E-state index is 0.266. The molecule has 0 bridgehead atoms. The van der Waals surface area contributed by atoms with E-state index in [1.54, 1.807) is 0 Å². The molecule has 0 aliphatic carbocycles. The van der Waals surface area contributed by atoms with Crippen molar-refractivity contribution in [3.63, 3.8) is 0 Å². The molecule has 0 aromatic carbocycles. The van der Waals surface area contributed by atoms with Crippen LogP contribution in [0.1, 0.15) is 59.3 Å². The van der Waals surface area contributed by atoms with E-state index >= 15 is 0 Å². The first kappa shape index (κ1) is 18.4. The fourth-order valence-electron chi connectivity index (χ4n) is 2.06. The number of ether oxygens (including phenoxy) is 2. The molecule has 0 spiro atoms. The number of hydrogen-bond donors (Lipinski definition) is 1. The number of carbonyl (C=O) groups excluding carboxylic acids is 1. The summed E-state index contributed by atoms with van der Waals surface area (Å²) < 4.78 is 10.4. The third-order valence-corrected chi connectivity index (χ3v) is 3.24. The standard InChI is InChI=1S/C15H31NO3/c1-5-7-8-9-10-11-12-19-13-15(3,16-6-2)14(17)18-4/h16H,5-13H2,1-4H3. The van der Waals surface area contributed by atoms with E-state index in [-0.39, 0.29) is 5.97 Å². The van der Waals surface area contributed by atoms with Crippen molar-refractivity contribution in [3.8, 4) is 0 Å². The molecule has 0 heterocycles. The van der Waals surface area contributed by atoms with Crippen molar-refractivity contribution in [2.24, 2.45) is 0 Å². The quantitative estimate of drug-likeness (QED) is 0.439. The molecule has 0 saturated carbocycles. The summed E-state index contributed by atoms with van der Waals surface area (Å²) in [5.41, 5.74) is -0.730. The van der Waals surface area contributed by atoms with Gasteiger partial charge in [0.25, 0.3) is 0 Å². The van der Waals surface area contributed by atoms with Gasteiger partial charge >= 0.3 is 5.97 Å². The van der Waals surface area contributed by atoms with Crippen LogP contribution in [-0.4, -0.2) is 38.4 Å². The van der Waals surface area contributed by atoms with E-state index < -0.39 is 5.54 Å². The lowest BCUT2D eigenvalue weighted by atomic mass is 10.0. The molecule has 4 nitrogen and oxygen atoms in total.